The van der Waals surface area contributed by atoms with E-state index in [4.69, 9.17) is 14.6 Å². The number of hydrogen-bond acceptors (Lipinski definition) is 4. The molecular weight excluding hydrogens is 392 g/mol. The summed E-state index contributed by atoms with van der Waals surface area (Å²) in [4.78, 5) is 11.0. The molecule has 5 heteroatoms. The second kappa shape index (κ2) is 8.72. The monoisotopic (exact) mass is 418 g/mol. The summed E-state index contributed by atoms with van der Waals surface area (Å²) in [6.45, 7) is 4.89. The zero-order valence-corrected chi connectivity index (χ0v) is 17.7. The molecule has 1 atom stereocenters. The fourth-order valence-corrected chi connectivity index (χ4v) is 4.24. The largest absolute Gasteiger partial charge is 0.508 e. The number of carboxylic acid groups (broad SMARTS) is 1. The molecule has 0 bridgehead atoms. The highest BCUT2D eigenvalue weighted by molar-refractivity contribution is 5.72. The van der Waals surface area contributed by atoms with Gasteiger partial charge in [-0.05, 0) is 65.4 Å². The van der Waals surface area contributed by atoms with E-state index in [2.05, 4.69) is 19.1 Å². The van der Waals surface area contributed by atoms with Crippen molar-refractivity contribution in [3.8, 4) is 28.4 Å². The predicted molar refractivity (Wildman–Crippen MR) is 119 cm³/mol. The van der Waals surface area contributed by atoms with Crippen molar-refractivity contribution < 1.29 is 24.5 Å². The smallest absolute Gasteiger partial charge is 0.304 e. The molecule has 2 N–H and O–H groups in total. The van der Waals surface area contributed by atoms with Crippen molar-refractivity contribution in [1.29, 1.82) is 0 Å². The molecule has 0 saturated carbocycles. The molecule has 3 aromatic carbocycles. The third kappa shape index (κ3) is 4.50. The van der Waals surface area contributed by atoms with Crippen molar-refractivity contribution in [2.24, 2.45) is 0 Å². The summed E-state index contributed by atoms with van der Waals surface area (Å²) in [6.07, 6.45) is 0.903. The Morgan fingerprint density at radius 1 is 1.16 bits per heavy atom. The molecule has 1 heterocycles. The molecule has 31 heavy (non-hydrogen) atoms. The number of benzene rings is 3. The number of rotatable bonds is 7. The zero-order valence-electron chi connectivity index (χ0n) is 17.7. The second-order valence-corrected chi connectivity index (χ2v) is 7.94. The van der Waals surface area contributed by atoms with Crippen molar-refractivity contribution in [2.75, 3.05) is 6.61 Å². The highest BCUT2D eigenvalue weighted by Crippen LogP contribution is 2.38. The van der Waals surface area contributed by atoms with Gasteiger partial charge in [-0.2, -0.15) is 0 Å². The maximum absolute atomic E-state index is 11.0. The molecule has 1 aliphatic rings. The van der Waals surface area contributed by atoms with Gasteiger partial charge in [0, 0.05) is 17.5 Å². The lowest BCUT2D eigenvalue weighted by Gasteiger charge is -2.14. The third-order valence-corrected chi connectivity index (χ3v) is 5.69. The normalized spacial score (nSPS) is 14.7. The summed E-state index contributed by atoms with van der Waals surface area (Å²) in [6, 6.07) is 17.5. The van der Waals surface area contributed by atoms with Gasteiger partial charge >= 0.3 is 5.97 Å². The van der Waals surface area contributed by atoms with E-state index in [1.54, 1.807) is 6.07 Å². The lowest BCUT2D eigenvalue weighted by molar-refractivity contribution is -0.137. The van der Waals surface area contributed by atoms with Crippen LogP contribution in [0, 0.1) is 6.92 Å². The van der Waals surface area contributed by atoms with Crippen LogP contribution in [0.1, 0.15) is 41.5 Å². The Kier molecular flexibility index (Phi) is 5.85. The Balaban J connectivity index is 1.51. The molecule has 0 saturated heterocycles. The van der Waals surface area contributed by atoms with Crippen LogP contribution >= 0.6 is 0 Å². The summed E-state index contributed by atoms with van der Waals surface area (Å²) in [7, 11) is 0. The molecule has 0 aromatic heterocycles. The number of fused-ring (bicyclic) bond motifs is 1. The highest BCUT2D eigenvalue weighted by Gasteiger charge is 2.26. The van der Waals surface area contributed by atoms with Crippen LogP contribution in [0.4, 0.5) is 0 Å². The van der Waals surface area contributed by atoms with Gasteiger partial charge in [-0.15, -0.1) is 0 Å². The Morgan fingerprint density at radius 3 is 2.77 bits per heavy atom. The van der Waals surface area contributed by atoms with Crippen LogP contribution in [0.2, 0.25) is 0 Å². The van der Waals surface area contributed by atoms with Crippen molar-refractivity contribution >= 4 is 5.97 Å². The molecule has 1 aliphatic heterocycles. The Labute approximate surface area is 181 Å². The molecule has 0 spiro atoms. The van der Waals surface area contributed by atoms with E-state index in [-0.39, 0.29) is 12.3 Å². The SMILES string of the molecule is CCc1cc(O)cc(C)c1-c1cccc(COc2ccc3c(c2)OCC3CC(=O)O)c1. The van der Waals surface area contributed by atoms with Gasteiger partial charge in [-0.1, -0.05) is 31.2 Å². The Hall–Kier alpha value is -3.47. The molecule has 4 rings (SSSR count). The minimum atomic E-state index is -0.822. The average molecular weight is 418 g/mol. The van der Waals surface area contributed by atoms with Crippen LogP contribution < -0.4 is 9.47 Å². The Bertz CT molecular complexity index is 1120. The van der Waals surface area contributed by atoms with Gasteiger partial charge in [0.05, 0.1) is 13.0 Å². The van der Waals surface area contributed by atoms with Crippen molar-refractivity contribution in [3.05, 3.63) is 76.9 Å². The fourth-order valence-electron chi connectivity index (χ4n) is 4.24. The van der Waals surface area contributed by atoms with Gasteiger partial charge in [-0.3, -0.25) is 4.79 Å². The highest BCUT2D eigenvalue weighted by atomic mass is 16.5. The van der Waals surface area contributed by atoms with E-state index in [1.807, 2.05) is 43.3 Å². The number of carbonyl (C=O) groups is 1. The Morgan fingerprint density at radius 2 is 2.00 bits per heavy atom. The maximum Gasteiger partial charge on any atom is 0.304 e. The molecule has 5 nitrogen and oxygen atoms in total. The first-order valence-electron chi connectivity index (χ1n) is 10.5. The number of ether oxygens (including phenoxy) is 2. The van der Waals surface area contributed by atoms with Gasteiger partial charge < -0.3 is 19.7 Å². The van der Waals surface area contributed by atoms with E-state index in [0.29, 0.717) is 30.5 Å². The summed E-state index contributed by atoms with van der Waals surface area (Å²) in [5.74, 6) is 0.748. The third-order valence-electron chi connectivity index (χ3n) is 5.69. The van der Waals surface area contributed by atoms with Gasteiger partial charge in [0.2, 0.25) is 0 Å². The van der Waals surface area contributed by atoms with Crippen LogP contribution in [-0.4, -0.2) is 22.8 Å². The standard InChI is InChI=1S/C26H26O5/c1-3-18-11-21(27)9-16(2)26(18)19-6-4-5-17(10-19)14-30-22-7-8-23-20(12-25(28)29)15-31-24(23)13-22/h4-11,13,20,27H,3,12,14-15H2,1-2H3,(H,28,29). The van der Waals surface area contributed by atoms with E-state index in [1.165, 1.54) is 0 Å². The topological polar surface area (TPSA) is 76.0 Å². The molecule has 160 valence electrons. The second-order valence-electron chi connectivity index (χ2n) is 7.94. The number of hydrogen-bond donors (Lipinski definition) is 2. The molecule has 0 amide bonds. The minimum Gasteiger partial charge on any atom is -0.508 e. The molecule has 0 aliphatic carbocycles. The van der Waals surface area contributed by atoms with E-state index >= 15 is 0 Å². The first-order valence-corrected chi connectivity index (χ1v) is 10.5. The summed E-state index contributed by atoms with van der Waals surface area (Å²) in [5, 5.41) is 19.0. The molecule has 3 aromatic rings. The summed E-state index contributed by atoms with van der Waals surface area (Å²) < 4.78 is 11.7. The van der Waals surface area contributed by atoms with Crippen LogP contribution in [0.5, 0.6) is 17.2 Å². The number of aryl methyl sites for hydroxylation is 2. The number of carboxylic acids is 1. The van der Waals surface area contributed by atoms with Gasteiger partial charge in [0.15, 0.2) is 0 Å². The number of aromatic hydroxyl groups is 1. The van der Waals surface area contributed by atoms with Crippen molar-refractivity contribution in [2.45, 2.75) is 39.2 Å². The first kappa shape index (κ1) is 20.8. The molecule has 0 fully saturated rings. The van der Waals surface area contributed by atoms with Gasteiger partial charge in [-0.25, -0.2) is 0 Å². The summed E-state index contributed by atoms with van der Waals surface area (Å²) >= 11 is 0. The summed E-state index contributed by atoms with van der Waals surface area (Å²) in [5.41, 5.74) is 6.37. The number of phenols is 1. The minimum absolute atomic E-state index is 0.0659. The zero-order chi connectivity index (χ0) is 22.0. The lowest BCUT2D eigenvalue weighted by Crippen LogP contribution is -2.07. The van der Waals surface area contributed by atoms with Gasteiger partial charge in [0.25, 0.3) is 0 Å². The fraction of sp³-hybridized carbons (Fsp3) is 0.269. The lowest BCUT2D eigenvalue weighted by atomic mass is 9.92. The van der Waals surface area contributed by atoms with E-state index in [0.717, 1.165) is 39.8 Å². The van der Waals surface area contributed by atoms with E-state index < -0.39 is 5.97 Å². The number of phenolic OH excluding ortho intramolecular Hbond substituents is 1. The van der Waals surface area contributed by atoms with Crippen LogP contribution in [0.25, 0.3) is 11.1 Å². The maximum atomic E-state index is 11.0. The van der Waals surface area contributed by atoms with Crippen molar-refractivity contribution in [3.63, 3.8) is 0 Å². The molecule has 1 unspecified atom stereocenters. The van der Waals surface area contributed by atoms with Crippen molar-refractivity contribution in [1.82, 2.24) is 0 Å². The van der Waals surface area contributed by atoms with Gasteiger partial charge in [0.1, 0.15) is 23.9 Å². The van der Waals surface area contributed by atoms with Crippen LogP contribution in [-0.2, 0) is 17.8 Å². The molecule has 0 radical (unpaired) electrons. The van der Waals surface area contributed by atoms with E-state index in [9.17, 15) is 9.90 Å². The predicted octanol–water partition coefficient (Wildman–Crippen LogP) is 5.46. The van der Waals surface area contributed by atoms with Crippen LogP contribution in [0.15, 0.2) is 54.6 Å². The first-order chi connectivity index (χ1) is 14.9. The van der Waals surface area contributed by atoms with Crippen LogP contribution in [0.3, 0.4) is 0 Å². The quantitative estimate of drug-likeness (QED) is 0.533. The molecular formula is C26H26O5. The average Bonchev–Trinajstić information content (AvgIpc) is 3.13. The number of aliphatic carboxylic acids is 1.